The molecule has 7 heteroatoms. The smallest absolute Gasteiger partial charge is 0.251 e. The molecule has 3 aromatic heterocycles. The summed E-state index contributed by atoms with van der Waals surface area (Å²) in [7, 11) is 0. The van der Waals surface area contributed by atoms with Gasteiger partial charge in [-0.25, -0.2) is 15.0 Å². The van der Waals surface area contributed by atoms with Crippen LogP contribution in [0.4, 0.5) is 5.82 Å². The number of nitrogens with one attached hydrogen (secondary N) is 2. The standard InChI is InChI=1S/C19H23N5OS/c1-4-14-10-17(25)24-19(22-14)13-6-7-16(21-11-13)20-9-8-18-23-15(5-2)12(3)26-18/h6-7,10-11H,4-5,8-9H2,1-3H3,(H,20,21)(H,22,24,25). The van der Waals surface area contributed by atoms with Crippen LogP contribution in [-0.2, 0) is 19.3 Å². The van der Waals surface area contributed by atoms with Crippen molar-refractivity contribution in [3.05, 3.63) is 56.0 Å². The molecule has 0 saturated heterocycles. The molecule has 3 rings (SSSR count). The van der Waals surface area contributed by atoms with Crippen LogP contribution in [0, 0.1) is 6.92 Å². The molecule has 3 aromatic rings. The Bertz CT molecular complexity index is 930. The molecule has 2 N–H and O–H groups in total. The summed E-state index contributed by atoms with van der Waals surface area (Å²) in [6.07, 6.45) is 4.30. The summed E-state index contributed by atoms with van der Waals surface area (Å²) in [5.41, 5.74) is 2.63. The molecule has 136 valence electrons. The Labute approximate surface area is 156 Å². The number of hydrogen-bond acceptors (Lipinski definition) is 6. The van der Waals surface area contributed by atoms with Crippen LogP contribution < -0.4 is 10.9 Å². The molecular formula is C19H23N5OS. The van der Waals surface area contributed by atoms with Gasteiger partial charge in [-0.05, 0) is 31.9 Å². The highest BCUT2D eigenvalue weighted by molar-refractivity contribution is 7.11. The molecule has 0 amide bonds. The fourth-order valence-electron chi connectivity index (χ4n) is 2.68. The fourth-order valence-corrected chi connectivity index (χ4v) is 3.71. The number of aryl methyl sites for hydroxylation is 3. The molecule has 0 aliphatic rings. The first-order valence-corrected chi connectivity index (χ1v) is 9.66. The van der Waals surface area contributed by atoms with Crippen molar-refractivity contribution in [1.29, 1.82) is 0 Å². The first kappa shape index (κ1) is 18.3. The summed E-state index contributed by atoms with van der Waals surface area (Å²) in [5.74, 6) is 1.35. The lowest BCUT2D eigenvalue weighted by Gasteiger charge is -2.06. The van der Waals surface area contributed by atoms with Crippen molar-refractivity contribution >= 4 is 17.2 Å². The second-order valence-corrected chi connectivity index (χ2v) is 7.30. The van der Waals surface area contributed by atoms with Crippen LogP contribution in [0.2, 0.25) is 0 Å². The van der Waals surface area contributed by atoms with Gasteiger partial charge in [-0.2, -0.15) is 0 Å². The molecule has 0 saturated carbocycles. The second-order valence-electron chi connectivity index (χ2n) is 6.01. The maximum absolute atomic E-state index is 11.7. The highest BCUT2D eigenvalue weighted by Crippen LogP contribution is 2.19. The number of aromatic nitrogens is 4. The van der Waals surface area contributed by atoms with Gasteiger partial charge in [-0.15, -0.1) is 11.3 Å². The van der Waals surface area contributed by atoms with Gasteiger partial charge in [-0.3, -0.25) is 4.79 Å². The highest BCUT2D eigenvalue weighted by Gasteiger charge is 2.07. The first-order chi connectivity index (χ1) is 12.6. The number of H-pyrrole nitrogens is 1. The Kier molecular flexibility index (Phi) is 5.78. The second kappa shape index (κ2) is 8.23. The molecule has 0 radical (unpaired) electrons. The number of nitrogens with zero attached hydrogens (tertiary/aromatic N) is 3. The van der Waals surface area contributed by atoms with Crippen LogP contribution in [0.15, 0.2) is 29.2 Å². The molecule has 0 aliphatic heterocycles. The van der Waals surface area contributed by atoms with E-state index in [9.17, 15) is 4.79 Å². The number of hydrogen-bond donors (Lipinski definition) is 2. The third kappa shape index (κ3) is 4.35. The molecule has 0 bridgehead atoms. The SMILES string of the molecule is CCc1cc(=O)[nH]c(-c2ccc(NCCc3nc(CC)c(C)s3)nc2)n1. The topological polar surface area (TPSA) is 83.6 Å². The van der Waals surface area contributed by atoms with Crippen LogP contribution in [0.25, 0.3) is 11.4 Å². The number of rotatable bonds is 7. The molecule has 0 atom stereocenters. The zero-order chi connectivity index (χ0) is 18.5. The number of aromatic amines is 1. The molecule has 0 aromatic carbocycles. The van der Waals surface area contributed by atoms with E-state index in [1.807, 2.05) is 19.1 Å². The van der Waals surface area contributed by atoms with Crippen molar-refractivity contribution in [3.63, 3.8) is 0 Å². The minimum Gasteiger partial charge on any atom is -0.370 e. The number of anilines is 1. The van der Waals surface area contributed by atoms with Crippen LogP contribution in [0.1, 0.15) is 35.1 Å². The highest BCUT2D eigenvalue weighted by atomic mass is 32.1. The first-order valence-electron chi connectivity index (χ1n) is 8.84. The lowest BCUT2D eigenvalue weighted by molar-refractivity contribution is 0.950. The van der Waals surface area contributed by atoms with E-state index in [-0.39, 0.29) is 5.56 Å². The Hall–Kier alpha value is -2.54. The van der Waals surface area contributed by atoms with Crippen molar-refractivity contribution in [2.24, 2.45) is 0 Å². The van der Waals surface area contributed by atoms with E-state index in [4.69, 9.17) is 0 Å². The predicted molar refractivity (Wildman–Crippen MR) is 106 cm³/mol. The summed E-state index contributed by atoms with van der Waals surface area (Å²) < 4.78 is 0. The summed E-state index contributed by atoms with van der Waals surface area (Å²) in [4.78, 5) is 29.3. The van der Waals surface area contributed by atoms with Gasteiger partial charge in [0.05, 0.1) is 10.7 Å². The zero-order valence-electron chi connectivity index (χ0n) is 15.3. The van der Waals surface area contributed by atoms with E-state index in [2.05, 4.69) is 39.1 Å². The monoisotopic (exact) mass is 369 g/mol. The van der Waals surface area contributed by atoms with Crippen LogP contribution in [0.3, 0.4) is 0 Å². The van der Waals surface area contributed by atoms with Crippen molar-refractivity contribution in [1.82, 2.24) is 19.9 Å². The maximum Gasteiger partial charge on any atom is 0.251 e. The Morgan fingerprint density at radius 1 is 1.19 bits per heavy atom. The summed E-state index contributed by atoms with van der Waals surface area (Å²) in [5, 5.41) is 4.47. The lowest BCUT2D eigenvalue weighted by atomic mass is 10.2. The number of thiazole rings is 1. The van der Waals surface area contributed by atoms with Crippen molar-refractivity contribution < 1.29 is 0 Å². The van der Waals surface area contributed by atoms with E-state index >= 15 is 0 Å². The van der Waals surface area contributed by atoms with Crippen LogP contribution >= 0.6 is 11.3 Å². The minimum atomic E-state index is -0.140. The van der Waals surface area contributed by atoms with Gasteiger partial charge in [0.2, 0.25) is 0 Å². The molecule has 0 unspecified atom stereocenters. The third-order valence-corrected chi connectivity index (χ3v) is 5.18. The van der Waals surface area contributed by atoms with E-state index in [0.29, 0.717) is 5.82 Å². The van der Waals surface area contributed by atoms with E-state index < -0.39 is 0 Å². The predicted octanol–water partition coefficient (Wildman–Crippen LogP) is 3.38. The van der Waals surface area contributed by atoms with Gasteiger partial charge in [0.1, 0.15) is 11.6 Å². The maximum atomic E-state index is 11.7. The van der Waals surface area contributed by atoms with Gasteiger partial charge < -0.3 is 10.3 Å². The molecule has 3 heterocycles. The molecular weight excluding hydrogens is 346 g/mol. The van der Waals surface area contributed by atoms with Gasteiger partial charge in [0.15, 0.2) is 0 Å². The van der Waals surface area contributed by atoms with Gasteiger partial charge >= 0.3 is 0 Å². The van der Waals surface area contributed by atoms with Gasteiger partial charge in [-0.1, -0.05) is 13.8 Å². The summed E-state index contributed by atoms with van der Waals surface area (Å²) in [6, 6.07) is 5.34. The number of pyridine rings is 1. The Morgan fingerprint density at radius 3 is 2.69 bits per heavy atom. The quantitative estimate of drug-likeness (QED) is 0.667. The van der Waals surface area contributed by atoms with E-state index in [1.54, 1.807) is 17.5 Å². The van der Waals surface area contributed by atoms with Crippen molar-refractivity contribution in [2.75, 3.05) is 11.9 Å². The molecule has 0 spiro atoms. The molecule has 0 fully saturated rings. The summed E-state index contributed by atoms with van der Waals surface area (Å²) in [6.45, 7) is 7.01. The lowest BCUT2D eigenvalue weighted by Crippen LogP contribution is -2.10. The average Bonchev–Trinajstić information content (AvgIpc) is 3.01. The largest absolute Gasteiger partial charge is 0.370 e. The van der Waals surface area contributed by atoms with Gasteiger partial charge in [0, 0.05) is 41.4 Å². The van der Waals surface area contributed by atoms with E-state index in [1.165, 1.54) is 16.6 Å². The Morgan fingerprint density at radius 2 is 2.04 bits per heavy atom. The van der Waals surface area contributed by atoms with E-state index in [0.717, 1.165) is 47.9 Å². The molecule has 26 heavy (non-hydrogen) atoms. The average molecular weight is 369 g/mol. The summed E-state index contributed by atoms with van der Waals surface area (Å²) >= 11 is 1.77. The third-order valence-electron chi connectivity index (χ3n) is 4.11. The zero-order valence-corrected chi connectivity index (χ0v) is 16.1. The minimum absolute atomic E-state index is 0.140. The van der Waals surface area contributed by atoms with Crippen molar-refractivity contribution in [3.8, 4) is 11.4 Å². The molecule has 6 nitrogen and oxygen atoms in total. The van der Waals surface area contributed by atoms with Crippen LogP contribution in [-0.4, -0.2) is 26.5 Å². The van der Waals surface area contributed by atoms with Crippen LogP contribution in [0.5, 0.6) is 0 Å². The fraction of sp³-hybridized carbons (Fsp3) is 0.368. The van der Waals surface area contributed by atoms with Crippen molar-refractivity contribution in [2.45, 2.75) is 40.0 Å². The van der Waals surface area contributed by atoms with Gasteiger partial charge in [0.25, 0.3) is 5.56 Å². The molecule has 0 aliphatic carbocycles. The Balaban J connectivity index is 1.62. The normalized spacial score (nSPS) is 10.9.